The van der Waals surface area contributed by atoms with Gasteiger partial charge in [-0.05, 0) is 36.9 Å². The molecule has 0 aliphatic carbocycles. The summed E-state index contributed by atoms with van der Waals surface area (Å²) in [6, 6.07) is 1.37. The van der Waals surface area contributed by atoms with E-state index < -0.39 is 10.5 Å². The van der Waals surface area contributed by atoms with Gasteiger partial charge >= 0.3 is 5.69 Å². The van der Waals surface area contributed by atoms with Crippen molar-refractivity contribution in [3.63, 3.8) is 0 Å². The Morgan fingerprint density at radius 2 is 2.26 bits per heavy atom. The molecule has 1 unspecified atom stereocenters. The smallest absolute Gasteiger partial charge is 0.312 e. The van der Waals surface area contributed by atoms with Gasteiger partial charge in [-0.25, -0.2) is 4.98 Å². The largest absolute Gasteiger partial charge is 0.387 e. The van der Waals surface area contributed by atoms with E-state index in [9.17, 15) is 15.2 Å². The number of hydrogen-bond donors (Lipinski definition) is 2. The zero-order valence-electron chi connectivity index (χ0n) is 11.1. The third-order valence-corrected chi connectivity index (χ3v) is 2.76. The molecule has 0 fully saturated rings. The van der Waals surface area contributed by atoms with Crippen LogP contribution in [0, 0.1) is 10.1 Å². The predicted octanol–water partition coefficient (Wildman–Crippen LogP) is 1.48. The Balaban J connectivity index is 2.80. The van der Waals surface area contributed by atoms with Crippen LogP contribution in [0.15, 0.2) is 16.7 Å². The van der Waals surface area contributed by atoms with E-state index in [1.54, 1.807) is 6.92 Å². The number of nitrogens with zero attached hydrogens (tertiary/aromatic N) is 3. The van der Waals surface area contributed by atoms with Crippen LogP contribution >= 0.6 is 15.9 Å². The summed E-state index contributed by atoms with van der Waals surface area (Å²) in [5.74, 6) is 0.146. The number of aromatic nitrogens is 1. The van der Waals surface area contributed by atoms with E-state index in [4.69, 9.17) is 0 Å². The van der Waals surface area contributed by atoms with Gasteiger partial charge in [-0.15, -0.1) is 0 Å². The van der Waals surface area contributed by atoms with Crippen LogP contribution in [0.3, 0.4) is 0 Å². The van der Waals surface area contributed by atoms with Crippen molar-refractivity contribution in [2.75, 3.05) is 32.5 Å². The number of halogens is 1. The number of anilines is 1. The molecular weight excluding hydrogens is 316 g/mol. The van der Waals surface area contributed by atoms with Crippen LogP contribution in [-0.4, -0.2) is 52.7 Å². The number of hydrogen-bond acceptors (Lipinski definition) is 6. The van der Waals surface area contributed by atoms with Crippen LogP contribution in [0.1, 0.15) is 6.92 Å². The van der Waals surface area contributed by atoms with Crippen LogP contribution in [0.25, 0.3) is 0 Å². The van der Waals surface area contributed by atoms with E-state index in [1.807, 2.05) is 19.0 Å². The molecule has 0 radical (unpaired) electrons. The standard InChI is InChI=1S/C11H17BrN4O3/c1-11(17,7-15(2)3)6-14-10-9(16(18)19)4-8(12)5-13-10/h4-5,17H,6-7H2,1-3H3,(H,13,14). The molecule has 1 rings (SSSR count). The lowest BCUT2D eigenvalue weighted by Gasteiger charge is -2.27. The molecule has 1 aromatic heterocycles. The monoisotopic (exact) mass is 332 g/mol. The highest BCUT2D eigenvalue weighted by atomic mass is 79.9. The molecule has 0 aromatic carbocycles. The van der Waals surface area contributed by atoms with Crippen LogP contribution < -0.4 is 5.32 Å². The molecule has 0 aliphatic heterocycles. The first kappa shape index (κ1) is 15.8. The molecule has 0 saturated heterocycles. The molecule has 106 valence electrons. The highest BCUT2D eigenvalue weighted by Gasteiger charge is 2.23. The van der Waals surface area contributed by atoms with Gasteiger partial charge in [0.2, 0.25) is 5.82 Å². The minimum Gasteiger partial charge on any atom is -0.387 e. The second-order valence-electron chi connectivity index (χ2n) is 4.87. The number of likely N-dealkylation sites (N-methyl/N-ethyl adjacent to an activating group) is 1. The third kappa shape index (κ3) is 5.09. The maximum absolute atomic E-state index is 10.9. The molecule has 8 heteroatoms. The molecule has 7 nitrogen and oxygen atoms in total. The minimum atomic E-state index is -1.01. The fourth-order valence-electron chi connectivity index (χ4n) is 1.72. The Morgan fingerprint density at radius 1 is 1.63 bits per heavy atom. The highest BCUT2D eigenvalue weighted by Crippen LogP contribution is 2.25. The first-order valence-electron chi connectivity index (χ1n) is 5.62. The average molecular weight is 333 g/mol. The van der Waals surface area contributed by atoms with E-state index in [0.717, 1.165) is 0 Å². The fraction of sp³-hybridized carbons (Fsp3) is 0.545. The summed E-state index contributed by atoms with van der Waals surface area (Å²) in [7, 11) is 3.68. The number of nitrogens with one attached hydrogen (secondary N) is 1. The van der Waals surface area contributed by atoms with Gasteiger partial charge < -0.3 is 15.3 Å². The minimum absolute atomic E-state index is 0.130. The van der Waals surface area contributed by atoms with Crippen molar-refractivity contribution in [2.24, 2.45) is 0 Å². The maximum Gasteiger partial charge on any atom is 0.312 e. The summed E-state index contributed by atoms with van der Waals surface area (Å²) >= 11 is 3.14. The SMILES string of the molecule is CN(C)CC(C)(O)CNc1ncc(Br)cc1[N+](=O)[O-]. The lowest BCUT2D eigenvalue weighted by atomic mass is 10.1. The van der Waals surface area contributed by atoms with Gasteiger partial charge in [0.25, 0.3) is 0 Å². The zero-order valence-corrected chi connectivity index (χ0v) is 12.6. The summed E-state index contributed by atoms with van der Waals surface area (Å²) < 4.78 is 0.532. The normalized spacial score (nSPS) is 14.2. The van der Waals surface area contributed by atoms with Crippen molar-refractivity contribution >= 4 is 27.4 Å². The molecule has 1 aromatic rings. The van der Waals surface area contributed by atoms with Gasteiger partial charge in [-0.2, -0.15) is 0 Å². The second-order valence-corrected chi connectivity index (χ2v) is 5.78. The van der Waals surface area contributed by atoms with Gasteiger partial charge in [0.05, 0.1) is 10.5 Å². The summed E-state index contributed by atoms with van der Waals surface area (Å²) in [5, 5.41) is 23.8. The van der Waals surface area contributed by atoms with Gasteiger partial charge in [0.1, 0.15) is 0 Å². The second kappa shape index (κ2) is 6.27. The lowest BCUT2D eigenvalue weighted by molar-refractivity contribution is -0.384. The van der Waals surface area contributed by atoms with Gasteiger partial charge in [-0.3, -0.25) is 10.1 Å². The Labute approximate surface area is 119 Å². The summed E-state index contributed by atoms with van der Waals surface area (Å²) in [6.07, 6.45) is 1.47. The predicted molar refractivity (Wildman–Crippen MR) is 76.3 cm³/mol. The molecule has 0 saturated carbocycles. The van der Waals surface area contributed by atoms with Crippen LogP contribution in [0.4, 0.5) is 11.5 Å². The molecule has 0 aliphatic rings. The first-order valence-corrected chi connectivity index (χ1v) is 6.41. The summed E-state index contributed by atoms with van der Waals surface area (Å²) in [5.41, 5.74) is -1.14. The number of pyridine rings is 1. The van der Waals surface area contributed by atoms with Crippen molar-refractivity contribution in [1.82, 2.24) is 9.88 Å². The first-order chi connectivity index (χ1) is 8.71. The van der Waals surface area contributed by atoms with Crippen LogP contribution in [0.2, 0.25) is 0 Å². The molecule has 2 N–H and O–H groups in total. The molecule has 1 heterocycles. The molecule has 19 heavy (non-hydrogen) atoms. The van der Waals surface area contributed by atoms with Crippen LogP contribution in [-0.2, 0) is 0 Å². The van der Waals surface area contributed by atoms with E-state index in [-0.39, 0.29) is 18.1 Å². The molecular formula is C11H17BrN4O3. The molecule has 0 amide bonds. The van der Waals surface area contributed by atoms with E-state index in [2.05, 4.69) is 26.2 Å². The van der Waals surface area contributed by atoms with Gasteiger partial charge in [0, 0.05) is 29.8 Å². The summed E-state index contributed by atoms with van der Waals surface area (Å²) in [4.78, 5) is 16.2. The lowest BCUT2D eigenvalue weighted by Crippen LogP contribution is -2.43. The van der Waals surface area contributed by atoms with E-state index >= 15 is 0 Å². The van der Waals surface area contributed by atoms with Crippen molar-refractivity contribution in [1.29, 1.82) is 0 Å². The average Bonchev–Trinajstić information content (AvgIpc) is 2.25. The van der Waals surface area contributed by atoms with Gasteiger partial charge in [-0.1, -0.05) is 0 Å². The van der Waals surface area contributed by atoms with Crippen molar-refractivity contribution in [3.05, 3.63) is 26.9 Å². The quantitative estimate of drug-likeness (QED) is 0.605. The Bertz CT molecular complexity index is 465. The third-order valence-electron chi connectivity index (χ3n) is 2.32. The summed E-state index contributed by atoms with van der Waals surface area (Å²) in [6.45, 7) is 2.26. The molecule has 0 spiro atoms. The topological polar surface area (TPSA) is 91.5 Å². The fourth-order valence-corrected chi connectivity index (χ4v) is 2.03. The number of rotatable bonds is 6. The zero-order chi connectivity index (χ0) is 14.6. The Morgan fingerprint density at radius 3 is 2.79 bits per heavy atom. The van der Waals surface area contributed by atoms with E-state index in [0.29, 0.717) is 11.0 Å². The molecule has 1 atom stereocenters. The Hall–Kier alpha value is -1.25. The van der Waals surface area contributed by atoms with E-state index in [1.165, 1.54) is 12.3 Å². The highest BCUT2D eigenvalue weighted by molar-refractivity contribution is 9.10. The Kier molecular flexibility index (Phi) is 5.21. The number of nitro groups is 1. The molecule has 0 bridgehead atoms. The van der Waals surface area contributed by atoms with Crippen molar-refractivity contribution in [2.45, 2.75) is 12.5 Å². The number of aliphatic hydroxyl groups is 1. The van der Waals surface area contributed by atoms with Crippen molar-refractivity contribution in [3.8, 4) is 0 Å². The van der Waals surface area contributed by atoms with Crippen molar-refractivity contribution < 1.29 is 10.0 Å². The van der Waals surface area contributed by atoms with Gasteiger partial charge in [0.15, 0.2) is 0 Å². The maximum atomic E-state index is 10.9. The van der Waals surface area contributed by atoms with Crippen LogP contribution in [0.5, 0.6) is 0 Å².